The van der Waals surface area contributed by atoms with E-state index in [1.54, 1.807) is 18.3 Å². The van der Waals surface area contributed by atoms with E-state index in [0.29, 0.717) is 21.7 Å². The molecule has 3 heterocycles. The van der Waals surface area contributed by atoms with E-state index in [4.69, 9.17) is 11.6 Å². The number of pyridine rings is 1. The van der Waals surface area contributed by atoms with Crippen molar-refractivity contribution in [1.29, 1.82) is 0 Å². The van der Waals surface area contributed by atoms with E-state index >= 15 is 0 Å². The maximum absolute atomic E-state index is 14.0. The molecule has 0 saturated carbocycles. The molecule has 3 aromatic rings. The minimum atomic E-state index is -1.35. The molecule has 2 aliphatic heterocycles. The Morgan fingerprint density at radius 2 is 1.94 bits per heavy atom. The van der Waals surface area contributed by atoms with Gasteiger partial charge in [-0.05, 0) is 23.8 Å². The van der Waals surface area contributed by atoms with Crippen LogP contribution in [0.1, 0.15) is 22.3 Å². The Bertz CT molecular complexity index is 1350. The van der Waals surface area contributed by atoms with Crippen molar-refractivity contribution in [2.24, 2.45) is 0 Å². The van der Waals surface area contributed by atoms with Crippen LogP contribution in [0.2, 0.25) is 5.02 Å². The smallest absolute Gasteiger partial charge is 0.254 e. The highest BCUT2D eigenvalue weighted by Crippen LogP contribution is 2.45. The number of nitrogens with zero attached hydrogens (tertiary/aromatic N) is 3. The van der Waals surface area contributed by atoms with E-state index in [-0.39, 0.29) is 36.9 Å². The number of hydrogen-bond donors (Lipinski definition) is 1. The summed E-state index contributed by atoms with van der Waals surface area (Å²) < 4.78 is 0. The van der Waals surface area contributed by atoms with E-state index in [9.17, 15) is 19.2 Å². The lowest BCUT2D eigenvalue weighted by Crippen LogP contribution is -2.55. The van der Waals surface area contributed by atoms with Crippen LogP contribution in [0.3, 0.4) is 0 Å². The molecule has 0 radical (unpaired) electrons. The van der Waals surface area contributed by atoms with Crippen LogP contribution in [-0.2, 0) is 19.8 Å². The van der Waals surface area contributed by atoms with Gasteiger partial charge in [0.05, 0.1) is 18.4 Å². The lowest BCUT2D eigenvalue weighted by atomic mass is 9.73. The van der Waals surface area contributed by atoms with Crippen LogP contribution < -0.4 is 10.2 Å². The molecule has 4 amide bonds. The first-order valence-corrected chi connectivity index (χ1v) is 10.7. The molecule has 1 fully saturated rings. The summed E-state index contributed by atoms with van der Waals surface area (Å²) in [6.07, 6.45) is 3.01. The summed E-state index contributed by atoms with van der Waals surface area (Å²) in [6, 6.07) is 12.0. The van der Waals surface area contributed by atoms with E-state index < -0.39 is 17.2 Å². The molecule has 1 saturated heterocycles. The number of carbonyl (C=O) groups is 4. The first-order valence-electron chi connectivity index (χ1n) is 10.4. The van der Waals surface area contributed by atoms with E-state index in [0.717, 1.165) is 10.3 Å². The highest BCUT2D eigenvalue weighted by molar-refractivity contribution is 6.31. The van der Waals surface area contributed by atoms with Gasteiger partial charge < -0.3 is 10.2 Å². The molecule has 33 heavy (non-hydrogen) atoms. The number of amides is 4. The van der Waals surface area contributed by atoms with Crippen molar-refractivity contribution >= 4 is 51.7 Å². The van der Waals surface area contributed by atoms with Gasteiger partial charge in [-0.15, -0.1) is 0 Å². The van der Waals surface area contributed by atoms with Gasteiger partial charge in [-0.2, -0.15) is 0 Å². The third-order valence-corrected chi connectivity index (χ3v) is 6.53. The average molecular weight is 463 g/mol. The second-order valence-corrected chi connectivity index (χ2v) is 8.63. The number of benzene rings is 2. The molecule has 1 N–H and O–H groups in total. The summed E-state index contributed by atoms with van der Waals surface area (Å²) in [5, 5.41) is 4.35. The van der Waals surface area contributed by atoms with Crippen LogP contribution in [0.15, 0.2) is 54.9 Å². The summed E-state index contributed by atoms with van der Waals surface area (Å²) in [5.74, 6) is -1.63. The van der Waals surface area contributed by atoms with Gasteiger partial charge in [0.2, 0.25) is 17.7 Å². The van der Waals surface area contributed by atoms with Gasteiger partial charge in [0.25, 0.3) is 5.91 Å². The number of anilines is 1. The second-order valence-electron chi connectivity index (χ2n) is 8.20. The summed E-state index contributed by atoms with van der Waals surface area (Å²) in [7, 11) is 1.47. The summed E-state index contributed by atoms with van der Waals surface area (Å²) in [5.41, 5.74) is -0.301. The average Bonchev–Trinajstić information content (AvgIpc) is 3.06. The molecule has 1 aromatic heterocycles. The molecule has 1 spiro atoms. The number of rotatable bonds is 3. The zero-order chi connectivity index (χ0) is 23.3. The Morgan fingerprint density at radius 3 is 2.73 bits per heavy atom. The molecule has 0 aliphatic carbocycles. The number of imide groups is 1. The van der Waals surface area contributed by atoms with E-state index in [2.05, 4.69) is 10.3 Å². The maximum Gasteiger partial charge on any atom is 0.254 e. The Kier molecular flexibility index (Phi) is 4.90. The summed E-state index contributed by atoms with van der Waals surface area (Å²) in [4.78, 5) is 59.2. The van der Waals surface area contributed by atoms with Crippen molar-refractivity contribution in [2.75, 3.05) is 25.0 Å². The van der Waals surface area contributed by atoms with E-state index in [1.165, 1.54) is 24.2 Å². The SMILES string of the molecule is CNC(=O)CN1CC2(CC(=O)N(c3cncc4ccccc34)C2=O)c2cc(Cl)ccc2C1=O. The van der Waals surface area contributed by atoms with Crippen LogP contribution in [0.25, 0.3) is 10.8 Å². The Balaban J connectivity index is 1.67. The molecule has 1 unspecified atom stereocenters. The minimum absolute atomic E-state index is 0.105. The maximum atomic E-state index is 14.0. The molecular formula is C24H19ClN4O4. The molecule has 9 heteroatoms. The number of likely N-dealkylation sites (N-methyl/N-ethyl adjacent to an activating group) is 1. The van der Waals surface area contributed by atoms with Gasteiger partial charge in [-0.25, -0.2) is 4.90 Å². The normalized spacial score (nSPS) is 20.0. The van der Waals surface area contributed by atoms with Gasteiger partial charge in [-0.1, -0.05) is 35.9 Å². The third-order valence-electron chi connectivity index (χ3n) is 6.29. The summed E-state index contributed by atoms with van der Waals surface area (Å²) in [6.45, 7) is -0.331. The van der Waals surface area contributed by atoms with Crippen LogP contribution in [-0.4, -0.2) is 53.6 Å². The van der Waals surface area contributed by atoms with Crippen LogP contribution >= 0.6 is 11.6 Å². The molecule has 2 aromatic carbocycles. The molecule has 0 bridgehead atoms. The lowest BCUT2D eigenvalue weighted by Gasteiger charge is -2.39. The molecular weight excluding hydrogens is 444 g/mol. The van der Waals surface area contributed by atoms with Gasteiger partial charge in [0, 0.05) is 47.6 Å². The molecule has 5 rings (SSSR count). The van der Waals surface area contributed by atoms with Crippen molar-refractivity contribution in [1.82, 2.24) is 15.2 Å². The molecule has 1 atom stereocenters. The predicted molar refractivity (Wildman–Crippen MR) is 122 cm³/mol. The Morgan fingerprint density at radius 1 is 1.15 bits per heavy atom. The molecule has 8 nitrogen and oxygen atoms in total. The third kappa shape index (κ3) is 3.17. The number of nitrogens with one attached hydrogen (secondary N) is 1. The van der Waals surface area contributed by atoms with Gasteiger partial charge in [0.1, 0.15) is 5.41 Å². The minimum Gasteiger partial charge on any atom is -0.358 e. The second kappa shape index (κ2) is 7.67. The molecule has 2 aliphatic rings. The fraction of sp³-hybridized carbons (Fsp3) is 0.208. The lowest BCUT2D eigenvalue weighted by molar-refractivity contribution is -0.125. The quantitative estimate of drug-likeness (QED) is 0.602. The fourth-order valence-corrected chi connectivity index (χ4v) is 4.90. The van der Waals surface area contributed by atoms with Crippen molar-refractivity contribution in [3.63, 3.8) is 0 Å². The first kappa shape index (κ1) is 21.1. The Hall–Kier alpha value is -3.78. The Labute approximate surface area is 194 Å². The van der Waals surface area contributed by atoms with Crippen molar-refractivity contribution < 1.29 is 19.2 Å². The highest BCUT2D eigenvalue weighted by atomic mass is 35.5. The fourth-order valence-electron chi connectivity index (χ4n) is 4.73. The van der Waals surface area contributed by atoms with Gasteiger partial charge >= 0.3 is 0 Å². The number of halogens is 1. The zero-order valence-corrected chi connectivity index (χ0v) is 18.4. The van der Waals surface area contributed by atoms with E-state index in [1.807, 2.05) is 24.3 Å². The monoisotopic (exact) mass is 462 g/mol. The summed E-state index contributed by atoms with van der Waals surface area (Å²) >= 11 is 6.24. The standard InChI is InChI=1S/C24H19ClN4O4/c1-26-20(30)12-28-13-24(18-8-15(25)6-7-17(18)22(28)32)9-21(31)29(23(24)33)19-11-27-10-14-4-2-3-5-16(14)19/h2-8,10-11H,9,12-13H2,1H3,(H,26,30). The highest BCUT2D eigenvalue weighted by Gasteiger charge is 2.58. The first-order chi connectivity index (χ1) is 15.9. The number of fused-ring (bicyclic) bond motifs is 3. The number of carbonyl (C=O) groups excluding carboxylic acids is 4. The van der Waals surface area contributed by atoms with Crippen LogP contribution in [0, 0.1) is 0 Å². The van der Waals surface area contributed by atoms with Crippen molar-refractivity contribution in [3.05, 3.63) is 71.0 Å². The van der Waals surface area contributed by atoms with Gasteiger partial charge in [-0.3, -0.25) is 24.2 Å². The van der Waals surface area contributed by atoms with Crippen molar-refractivity contribution in [3.8, 4) is 0 Å². The molecule has 166 valence electrons. The zero-order valence-electron chi connectivity index (χ0n) is 17.7. The number of hydrogen-bond acceptors (Lipinski definition) is 5. The largest absolute Gasteiger partial charge is 0.358 e. The van der Waals surface area contributed by atoms with Crippen molar-refractivity contribution in [2.45, 2.75) is 11.8 Å². The van der Waals surface area contributed by atoms with Crippen LogP contribution in [0.4, 0.5) is 5.69 Å². The van der Waals surface area contributed by atoms with Crippen LogP contribution in [0.5, 0.6) is 0 Å². The van der Waals surface area contributed by atoms with Gasteiger partial charge in [0.15, 0.2) is 0 Å². The topological polar surface area (TPSA) is 99.7 Å². The number of aromatic nitrogens is 1. The predicted octanol–water partition coefficient (Wildman–Crippen LogP) is 2.29.